The molecule has 3 heteroatoms. The lowest BCUT2D eigenvalue weighted by Gasteiger charge is -2.38. The highest BCUT2D eigenvalue weighted by molar-refractivity contribution is 5.26. The van der Waals surface area contributed by atoms with Crippen molar-refractivity contribution in [2.75, 3.05) is 6.54 Å². The average Bonchev–Trinajstić information content (AvgIpc) is 2.79. The van der Waals surface area contributed by atoms with Gasteiger partial charge in [-0.1, -0.05) is 33.8 Å². The first-order valence-electron chi connectivity index (χ1n) is 8.30. The molecule has 1 aromatic rings. The molecular formula is C18H28N2O. The molecule has 21 heavy (non-hydrogen) atoms. The summed E-state index contributed by atoms with van der Waals surface area (Å²) in [5, 5.41) is 3.37. The van der Waals surface area contributed by atoms with Crippen LogP contribution in [-0.2, 0) is 6.54 Å². The van der Waals surface area contributed by atoms with E-state index in [2.05, 4.69) is 44.1 Å². The van der Waals surface area contributed by atoms with E-state index in [-0.39, 0.29) is 5.41 Å². The maximum Gasteiger partial charge on any atom is 0.218 e. The minimum absolute atomic E-state index is 0.282. The standard InChI is InChI=1S/C18H28N2O/c1-5-19-12-13-7-6-10-20-16(13)21-15-11-14-8-9-18(15,4)17(14,2)3/h6-7,10,14-15,19H,5,8-9,11-12H2,1-4H3. The second kappa shape index (κ2) is 5.28. The summed E-state index contributed by atoms with van der Waals surface area (Å²) in [5.74, 6) is 1.63. The first kappa shape index (κ1) is 14.8. The van der Waals surface area contributed by atoms with Crippen LogP contribution in [0.2, 0.25) is 0 Å². The van der Waals surface area contributed by atoms with Gasteiger partial charge in [-0.2, -0.15) is 0 Å². The molecule has 0 aliphatic heterocycles. The van der Waals surface area contributed by atoms with Gasteiger partial charge in [-0.3, -0.25) is 0 Å². The average molecular weight is 288 g/mol. The lowest BCUT2D eigenvalue weighted by molar-refractivity contribution is 0.0266. The van der Waals surface area contributed by atoms with Gasteiger partial charge in [0.05, 0.1) is 0 Å². The van der Waals surface area contributed by atoms with E-state index in [1.54, 1.807) is 0 Å². The van der Waals surface area contributed by atoms with Crippen LogP contribution < -0.4 is 10.1 Å². The maximum absolute atomic E-state index is 6.42. The number of hydrogen-bond acceptors (Lipinski definition) is 3. The number of nitrogens with one attached hydrogen (secondary N) is 1. The first-order chi connectivity index (χ1) is 9.99. The highest BCUT2D eigenvalue weighted by Gasteiger charge is 2.62. The molecule has 2 aliphatic rings. The summed E-state index contributed by atoms with van der Waals surface area (Å²) in [6.45, 7) is 11.2. The fourth-order valence-corrected chi connectivity index (χ4v) is 4.37. The predicted octanol–water partition coefficient (Wildman–Crippen LogP) is 3.78. The van der Waals surface area contributed by atoms with Crippen molar-refractivity contribution in [3.63, 3.8) is 0 Å². The Morgan fingerprint density at radius 3 is 2.81 bits per heavy atom. The van der Waals surface area contributed by atoms with E-state index < -0.39 is 0 Å². The zero-order chi connectivity index (χ0) is 15.1. The quantitative estimate of drug-likeness (QED) is 0.895. The zero-order valence-corrected chi connectivity index (χ0v) is 13.8. The molecule has 1 aromatic heterocycles. The van der Waals surface area contributed by atoms with Crippen LogP contribution in [0.15, 0.2) is 18.3 Å². The van der Waals surface area contributed by atoms with E-state index >= 15 is 0 Å². The topological polar surface area (TPSA) is 34.2 Å². The predicted molar refractivity (Wildman–Crippen MR) is 85.3 cm³/mol. The van der Waals surface area contributed by atoms with Gasteiger partial charge in [0, 0.05) is 23.7 Å². The Morgan fingerprint density at radius 2 is 2.19 bits per heavy atom. The van der Waals surface area contributed by atoms with Gasteiger partial charge >= 0.3 is 0 Å². The monoisotopic (exact) mass is 288 g/mol. The molecule has 116 valence electrons. The van der Waals surface area contributed by atoms with Crippen molar-refractivity contribution >= 4 is 0 Å². The Morgan fingerprint density at radius 1 is 1.38 bits per heavy atom. The highest BCUT2D eigenvalue weighted by atomic mass is 16.5. The van der Waals surface area contributed by atoms with Crippen LogP contribution in [0.4, 0.5) is 0 Å². The van der Waals surface area contributed by atoms with E-state index in [1.165, 1.54) is 24.8 Å². The van der Waals surface area contributed by atoms with Crippen molar-refractivity contribution < 1.29 is 4.74 Å². The van der Waals surface area contributed by atoms with Gasteiger partial charge in [0.2, 0.25) is 5.88 Å². The molecule has 3 atom stereocenters. The van der Waals surface area contributed by atoms with E-state index in [0.717, 1.165) is 24.9 Å². The number of aromatic nitrogens is 1. The molecule has 3 unspecified atom stereocenters. The molecule has 2 bridgehead atoms. The van der Waals surface area contributed by atoms with Gasteiger partial charge in [-0.15, -0.1) is 0 Å². The molecule has 0 spiro atoms. The van der Waals surface area contributed by atoms with Crippen molar-refractivity contribution in [2.24, 2.45) is 16.7 Å². The molecule has 2 fully saturated rings. The molecule has 0 saturated heterocycles. The summed E-state index contributed by atoms with van der Waals surface area (Å²) in [6, 6.07) is 4.11. The molecule has 1 N–H and O–H groups in total. The van der Waals surface area contributed by atoms with E-state index in [9.17, 15) is 0 Å². The van der Waals surface area contributed by atoms with Crippen LogP contribution in [-0.4, -0.2) is 17.6 Å². The zero-order valence-electron chi connectivity index (χ0n) is 13.8. The Kier molecular flexibility index (Phi) is 3.73. The van der Waals surface area contributed by atoms with Crippen molar-refractivity contribution in [3.8, 4) is 5.88 Å². The second-order valence-corrected chi connectivity index (χ2v) is 7.46. The van der Waals surface area contributed by atoms with Gasteiger partial charge in [0.25, 0.3) is 0 Å². The van der Waals surface area contributed by atoms with Crippen LogP contribution >= 0.6 is 0 Å². The van der Waals surface area contributed by atoms with Crippen molar-refractivity contribution in [2.45, 2.75) is 59.6 Å². The molecule has 0 amide bonds. The molecule has 1 heterocycles. The lowest BCUT2D eigenvalue weighted by Crippen LogP contribution is -2.39. The molecule has 0 radical (unpaired) electrons. The highest BCUT2D eigenvalue weighted by Crippen LogP contribution is 2.66. The summed E-state index contributed by atoms with van der Waals surface area (Å²) < 4.78 is 6.42. The Labute approximate surface area is 128 Å². The van der Waals surface area contributed by atoms with Crippen LogP contribution in [0.3, 0.4) is 0 Å². The van der Waals surface area contributed by atoms with E-state index in [1.807, 2.05) is 12.3 Å². The Hall–Kier alpha value is -1.09. The third kappa shape index (κ3) is 2.26. The molecule has 3 nitrogen and oxygen atoms in total. The summed E-state index contributed by atoms with van der Waals surface area (Å²) in [4.78, 5) is 4.50. The van der Waals surface area contributed by atoms with Gasteiger partial charge in [0.15, 0.2) is 0 Å². The summed E-state index contributed by atoms with van der Waals surface area (Å²) >= 11 is 0. The second-order valence-electron chi connectivity index (χ2n) is 7.46. The molecule has 0 aromatic carbocycles. The third-order valence-corrected chi connectivity index (χ3v) is 6.38. The number of nitrogens with zero attached hydrogens (tertiary/aromatic N) is 1. The molecule has 2 aliphatic carbocycles. The number of ether oxygens (including phenoxy) is 1. The van der Waals surface area contributed by atoms with Gasteiger partial charge in [0.1, 0.15) is 6.10 Å². The normalized spacial score (nSPS) is 33.3. The minimum atomic E-state index is 0.282. The number of pyridine rings is 1. The van der Waals surface area contributed by atoms with Crippen LogP contribution in [0, 0.1) is 16.7 Å². The first-order valence-corrected chi connectivity index (χ1v) is 8.30. The fourth-order valence-electron chi connectivity index (χ4n) is 4.37. The van der Waals surface area contributed by atoms with Crippen molar-refractivity contribution in [1.29, 1.82) is 0 Å². The van der Waals surface area contributed by atoms with Gasteiger partial charge in [-0.05, 0) is 43.2 Å². The molecule has 3 rings (SSSR count). The van der Waals surface area contributed by atoms with E-state index in [4.69, 9.17) is 4.74 Å². The third-order valence-electron chi connectivity index (χ3n) is 6.38. The summed E-state index contributed by atoms with van der Waals surface area (Å²) in [7, 11) is 0. The van der Waals surface area contributed by atoms with E-state index in [0.29, 0.717) is 11.5 Å². The number of rotatable bonds is 5. The van der Waals surface area contributed by atoms with Crippen LogP contribution in [0.5, 0.6) is 5.88 Å². The van der Waals surface area contributed by atoms with Crippen LogP contribution in [0.1, 0.15) is 52.5 Å². The number of hydrogen-bond donors (Lipinski definition) is 1. The largest absolute Gasteiger partial charge is 0.474 e. The Bertz CT molecular complexity index is 514. The van der Waals surface area contributed by atoms with Crippen molar-refractivity contribution in [3.05, 3.63) is 23.9 Å². The minimum Gasteiger partial charge on any atom is -0.474 e. The van der Waals surface area contributed by atoms with Gasteiger partial charge < -0.3 is 10.1 Å². The van der Waals surface area contributed by atoms with Crippen LogP contribution in [0.25, 0.3) is 0 Å². The Balaban J connectivity index is 1.79. The summed E-state index contributed by atoms with van der Waals surface area (Å²) in [6.07, 6.45) is 5.97. The SMILES string of the molecule is CCNCc1cccnc1OC1CC2CCC1(C)C2(C)C. The summed E-state index contributed by atoms with van der Waals surface area (Å²) in [5.41, 5.74) is 1.84. The molecule has 2 saturated carbocycles. The number of fused-ring (bicyclic) bond motifs is 2. The smallest absolute Gasteiger partial charge is 0.218 e. The van der Waals surface area contributed by atoms with Crippen molar-refractivity contribution in [1.82, 2.24) is 10.3 Å². The van der Waals surface area contributed by atoms with Gasteiger partial charge in [-0.25, -0.2) is 4.98 Å². The fraction of sp³-hybridized carbons (Fsp3) is 0.722. The maximum atomic E-state index is 6.42. The lowest BCUT2D eigenvalue weighted by atomic mass is 9.70. The molecular weight excluding hydrogens is 260 g/mol.